The van der Waals surface area contributed by atoms with Crippen LogP contribution in [-0.2, 0) is 10.9 Å². The molecule has 7 nitrogen and oxygen atoms in total. The van der Waals surface area contributed by atoms with Crippen molar-refractivity contribution in [2.75, 3.05) is 36.5 Å². The number of ether oxygens (including phenoxy) is 1. The van der Waals surface area contributed by atoms with Gasteiger partial charge in [-0.15, -0.1) is 0 Å². The van der Waals surface area contributed by atoms with Crippen molar-refractivity contribution >= 4 is 17.3 Å². The first kappa shape index (κ1) is 26.1. The molecule has 0 bridgehead atoms. The van der Waals surface area contributed by atoms with Gasteiger partial charge in [-0.2, -0.15) is 13.2 Å². The predicted octanol–water partition coefficient (Wildman–Crippen LogP) is 4.26. The van der Waals surface area contributed by atoms with E-state index in [2.05, 4.69) is 32.0 Å². The third-order valence-electron chi connectivity index (χ3n) is 5.76. The molecule has 2 aromatic heterocycles. The Labute approximate surface area is 212 Å². The van der Waals surface area contributed by atoms with Crippen LogP contribution >= 0.6 is 0 Å². The van der Waals surface area contributed by atoms with Gasteiger partial charge in [-0.1, -0.05) is 12.0 Å². The van der Waals surface area contributed by atoms with E-state index in [1.807, 2.05) is 19.1 Å². The van der Waals surface area contributed by atoms with Gasteiger partial charge in [0.2, 0.25) is 0 Å². The number of anilines is 2. The Hall–Kier alpha value is -3.94. The number of nitrogens with zero attached hydrogens (tertiary/aromatic N) is 3. The molecular weight excluding hydrogens is 483 g/mol. The monoisotopic (exact) mass is 509 g/mol. The second-order valence-electron chi connectivity index (χ2n) is 8.66. The first-order chi connectivity index (χ1) is 17.6. The van der Waals surface area contributed by atoms with Crippen molar-refractivity contribution in [3.8, 4) is 23.0 Å². The van der Waals surface area contributed by atoms with Gasteiger partial charge in [0.15, 0.2) is 0 Å². The van der Waals surface area contributed by atoms with Gasteiger partial charge >= 0.3 is 6.18 Å². The maximum Gasteiger partial charge on any atom is 0.433 e. The van der Waals surface area contributed by atoms with Crippen LogP contribution in [-0.4, -0.2) is 48.2 Å². The van der Waals surface area contributed by atoms with Gasteiger partial charge in [-0.3, -0.25) is 9.78 Å². The molecule has 3 N–H and O–H groups in total. The van der Waals surface area contributed by atoms with E-state index in [1.165, 1.54) is 6.07 Å². The number of halogens is 3. The molecule has 1 amide bonds. The lowest BCUT2D eigenvalue weighted by atomic mass is 10.00. The van der Waals surface area contributed by atoms with E-state index >= 15 is 0 Å². The molecular formula is C27H26F3N5O2. The fourth-order valence-electron chi connectivity index (χ4n) is 3.87. The van der Waals surface area contributed by atoms with E-state index in [-0.39, 0.29) is 11.6 Å². The number of pyridine rings is 2. The standard InChI is InChI=1S/C27H26F3N5O2/c1-17-3-5-21(34-26(36)19-7-8-32-25(14-19)27(28,29)30)15-22(17)20-13-24(35-9-11-37-12-10-35)23(33-16-20)6-4-18(2)31/h3,5,7-8,13-16,18H,9-12,31H2,1-2H3,(H,34,36)/t18-/m0/s1. The van der Waals surface area contributed by atoms with Crippen molar-refractivity contribution in [2.45, 2.75) is 26.1 Å². The maximum absolute atomic E-state index is 13.0. The van der Waals surface area contributed by atoms with Crippen LogP contribution in [0.4, 0.5) is 24.5 Å². The zero-order valence-corrected chi connectivity index (χ0v) is 20.4. The number of benzene rings is 1. The van der Waals surface area contributed by atoms with Crippen molar-refractivity contribution in [3.05, 3.63) is 71.3 Å². The Kier molecular flexibility index (Phi) is 7.76. The van der Waals surface area contributed by atoms with Crippen LogP contribution in [0.2, 0.25) is 0 Å². The highest BCUT2D eigenvalue weighted by Gasteiger charge is 2.33. The van der Waals surface area contributed by atoms with E-state index in [4.69, 9.17) is 10.5 Å². The molecule has 0 unspecified atom stereocenters. The van der Waals surface area contributed by atoms with Gasteiger partial charge in [-0.05, 0) is 61.2 Å². The van der Waals surface area contributed by atoms with Crippen LogP contribution in [0.25, 0.3) is 11.1 Å². The summed E-state index contributed by atoms with van der Waals surface area (Å²) >= 11 is 0. The van der Waals surface area contributed by atoms with E-state index < -0.39 is 17.8 Å². The molecule has 1 aliphatic rings. The smallest absolute Gasteiger partial charge is 0.378 e. The van der Waals surface area contributed by atoms with Crippen LogP contribution in [0.15, 0.2) is 48.8 Å². The average Bonchev–Trinajstić information content (AvgIpc) is 2.88. The highest BCUT2D eigenvalue weighted by Crippen LogP contribution is 2.32. The fraction of sp³-hybridized carbons (Fsp3) is 0.296. The molecule has 10 heteroatoms. The summed E-state index contributed by atoms with van der Waals surface area (Å²) in [6, 6.07) is 8.96. The number of nitrogens with two attached hydrogens (primary N) is 1. The highest BCUT2D eigenvalue weighted by molar-refractivity contribution is 6.04. The number of hydrogen-bond acceptors (Lipinski definition) is 6. The Morgan fingerprint density at radius 2 is 1.92 bits per heavy atom. The van der Waals surface area contributed by atoms with Crippen LogP contribution in [0.1, 0.15) is 34.2 Å². The average molecular weight is 510 g/mol. The second kappa shape index (κ2) is 11.0. The van der Waals surface area contributed by atoms with Crippen LogP contribution in [0.5, 0.6) is 0 Å². The van der Waals surface area contributed by atoms with Crippen molar-refractivity contribution in [1.82, 2.24) is 9.97 Å². The molecule has 1 fully saturated rings. The second-order valence-corrected chi connectivity index (χ2v) is 8.66. The van der Waals surface area contributed by atoms with Gasteiger partial charge in [0.1, 0.15) is 11.4 Å². The number of hydrogen-bond donors (Lipinski definition) is 2. The summed E-state index contributed by atoms with van der Waals surface area (Å²) in [4.78, 5) is 22.8. The molecule has 3 heterocycles. The number of morpholine rings is 1. The number of aromatic nitrogens is 2. The number of nitrogens with one attached hydrogen (secondary N) is 1. The Morgan fingerprint density at radius 1 is 1.16 bits per heavy atom. The zero-order chi connectivity index (χ0) is 26.6. The predicted molar refractivity (Wildman–Crippen MR) is 135 cm³/mol. The number of carbonyl (C=O) groups is 1. The van der Waals surface area contributed by atoms with Crippen molar-refractivity contribution in [1.29, 1.82) is 0 Å². The summed E-state index contributed by atoms with van der Waals surface area (Å²) < 4.78 is 44.5. The summed E-state index contributed by atoms with van der Waals surface area (Å²) in [5.74, 6) is 5.35. The molecule has 192 valence electrons. The van der Waals surface area contributed by atoms with Crippen molar-refractivity contribution in [2.24, 2.45) is 5.73 Å². The number of carbonyl (C=O) groups excluding carboxylic acids is 1. The quantitative estimate of drug-likeness (QED) is 0.511. The molecule has 0 radical (unpaired) electrons. The molecule has 0 saturated carbocycles. The summed E-state index contributed by atoms with van der Waals surface area (Å²) in [5, 5.41) is 2.68. The minimum atomic E-state index is -4.64. The molecule has 1 aliphatic heterocycles. The summed E-state index contributed by atoms with van der Waals surface area (Å²) in [6.45, 7) is 6.30. The topological polar surface area (TPSA) is 93.4 Å². The van der Waals surface area contributed by atoms with Gasteiger partial charge in [0.05, 0.1) is 24.9 Å². The maximum atomic E-state index is 13.0. The molecule has 37 heavy (non-hydrogen) atoms. The van der Waals surface area contributed by atoms with Gasteiger partial charge in [-0.25, -0.2) is 4.98 Å². The Morgan fingerprint density at radius 3 is 2.62 bits per heavy atom. The van der Waals surface area contributed by atoms with Gasteiger partial charge in [0, 0.05) is 42.3 Å². The van der Waals surface area contributed by atoms with Crippen molar-refractivity contribution in [3.63, 3.8) is 0 Å². The largest absolute Gasteiger partial charge is 0.433 e. The van der Waals surface area contributed by atoms with Crippen LogP contribution < -0.4 is 16.0 Å². The molecule has 1 atom stereocenters. The number of amides is 1. The number of alkyl halides is 3. The molecule has 3 aromatic rings. The molecule has 1 aromatic carbocycles. The van der Waals surface area contributed by atoms with Gasteiger partial charge < -0.3 is 20.7 Å². The minimum absolute atomic E-state index is 0.141. The SMILES string of the molecule is Cc1ccc(NC(=O)c2ccnc(C(F)(F)F)c2)cc1-c1cnc(C#C[C@H](C)N)c(N2CCOCC2)c1. The van der Waals surface area contributed by atoms with Crippen molar-refractivity contribution < 1.29 is 22.7 Å². The Bertz CT molecular complexity index is 1360. The fourth-order valence-corrected chi connectivity index (χ4v) is 3.87. The minimum Gasteiger partial charge on any atom is -0.378 e. The molecule has 4 rings (SSSR count). The third-order valence-corrected chi connectivity index (χ3v) is 5.76. The van der Waals surface area contributed by atoms with E-state index in [0.29, 0.717) is 37.7 Å². The Balaban J connectivity index is 1.66. The van der Waals surface area contributed by atoms with Crippen LogP contribution in [0.3, 0.4) is 0 Å². The molecule has 0 spiro atoms. The lowest BCUT2D eigenvalue weighted by molar-refractivity contribution is -0.141. The van der Waals surface area contributed by atoms with Gasteiger partial charge in [0.25, 0.3) is 5.91 Å². The molecule has 1 saturated heterocycles. The highest BCUT2D eigenvalue weighted by atomic mass is 19.4. The summed E-state index contributed by atoms with van der Waals surface area (Å²) in [6.07, 6.45) is -1.97. The first-order valence-electron chi connectivity index (χ1n) is 11.7. The van der Waals surface area contributed by atoms with E-state index in [1.54, 1.807) is 25.3 Å². The zero-order valence-electron chi connectivity index (χ0n) is 20.4. The van der Waals surface area contributed by atoms with E-state index in [9.17, 15) is 18.0 Å². The summed E-state index contributed by atoms with van der Waals surface area (Å²) in [7, 11) is 0. The number of rotatable bonds is 4. The normalized spacial score (nSPS) is 14.5. The van der Waals surface area contributed by atoms with E-state index in [0.717, 1.165) is 34.6 Å². The lowest BCUT2D eigenvalue weighted by Crippen LogP contribution is -2.36. The third kappa shape index (κ3) is 6.44. The lowest BCUT2D eigenvalue weighted by Gasteiger charge is -2.29. The van der Waals surface area contributed by atoms with Crippen LogP contribution in [0, 0.1) is 18.8 Å². The molecule has 0 aliphatic carbocycles. The number of aryl methyl sites for hydroxylation is 1. The first-order valence-corrected chi connectivity index (χ1v) is 11.7. The summed E-state index contributed by atoms with van der Waals surface area (Å²) in [5.41, 5.74) is 9.01.